The van der Waals surface area contributed by atoms with Crippen LogP contribution in [-0.4, -0.2) is 49.6 Å². The van der Waals surface area contributed by atoms with Crippen molar-refractivity contribution >= 4 is 27.3 Å². The Bertz CT molecular complexity index is 355. The number of halogens is 1. The van der Waals surface area contributed by atoms with Gasteiger partial charge in [-0.25, -0.2) is 0 Å². The SMILES string of the molecule is CN1CCCN(C(CN)c2cc(Br)cs2)CC1. The molecular weight excluding hydrogens is 298 g/mol. The van der Waals surface area contributed by atoms with Crippen molar-refractivity contribution in [3.05, 3.63) is 20.8 Å². The third-order valence-electron chi connectivity index (χ3n) is 3.33. The predicted octanol–water partition coefficient (Wildman–Crippen LogP) is 2.15. The highest BCUT2D eigenvalue weighted by molar-refractivity contribution is 9.10. The Morgan fingerprint density at radius 3 is 2.88 bits per heavy atom. The molecule has 0 aliphatic carbocycles. The molecule has 2 N–H and O–H groups in total. The van der Waals surface area contributed by atoms with Crippen LogP contribution < -0.4 is 5.73 Å². The summed E-state index contributed by atoms with van der Waals surface area (Å²) in [5, 5.41) is 2.14. The quantitative estimate of drug-likeness (QED) is 0.927. The van der Waals surface area contributed by atoms with Crippen molar-refractivity contribution in [2.45, 2.75) is 12.5 Å². The van der Waals surface area contributed by atoms with Crippen molar-refractivity contribution in [1.82, 2.24) is 9.80 Å². The minimum absolute atomic E-state index is 0.387. The molecule has 1 saturated heterocycles. The van der Waals surface area contributed by atoms with Crippen molar-refractivity contribution in [1.29, 1.82) is 0 Å². The maximum absolute atomic E-state index is 5.97. The fourth-order valence-electron chi connectivity index (χ4n) is 2.33. The summed E-state index contributed by atoms with van der Waals surface area (Å²) in [5.41, 5.74) is 5.97. The summed E-state index contributed by atoms with van der Waals surface area (Å²) in [6.07, 6.45) is 1.24. The molecule has 0 radical (unpaired) electrons. The van der Waals surface area contributed by atoms with Gasteiger partial charge < -0.3 is 10.6 Å². The number of thiophene rings is 1. The van der Waals surface area contributed by atoms with Gasteiger partial charge in [-0.15, -0.1) is 11.3 Å². The Hall–Kier alpha value is 0.0600. The molecule has 3 nitrogen and oxygen atoms in total. The molecule has 0 bridgehead atoms. The Labute approximate surface area is 116 Å². The van der Waals surface area contributed by atoms with Crippen LogP contribution in [0.3, 0.4) is 0 Å². The van der Waals surface area contributed by atoms with Crippen LogP contribution in [0.25, 0.3) is 0 Å². The summed E-state index contributed by atoms with van der Waals surface area (Å²) in [4.78, 5) is 6.31. The minimum Gasteiger partial charge on any atom is -0.329 e. The molecule has 2 rings (SSSR count). The average molecular weight is 318 g/mol. The molecule has 0 saturated carbocycles. The Kier molecular flexibility index (Phi) is 4.99. The van der Waals surface area contributed by atoms with E-state index >= 15 is 0 Å². The predicted molar refractivity (Wildman–Crippen MR) is 77.5 cm³/mol. The van der Waals surface area contributed by atoms with Gasteiger partial charge in [0.05, 0.1) is 6.04 Å². The van der Waals surface area contributed by atoms with Crippen molar-refractivity contribution < 1.29 is 0 Å². The summed E-state index contributed by atoms with van der Waals surface area (Å²) in [6.45, 7) is 5.32. The maximum Gasteiger partial charge on any atom is 0.0565 e. The lowest BCUT2D eigenvalue weighted by Gasteiger charge is -2.28. The van der Waals surface area contributed by atoms with Crippen LogP contribution in [-0.2, 0) is 0 Å². The molecule has 1 aromatic rings. The number of likely N-dealkylation sites (N-methyl/N-ethyl adjacent to an activating group) is 1. The van der Waals surface area contributed by atoms with E-state index in [1.54, 1.807) is 11.3 Å². The number of nitrogens with two attached hydrogens (primary N) is 1. The Morgan fingerprint density at radius 1 is 1.41 bits per heavy atom. The van der Waals surface area contributed by atoms with Crippen LogP contribution >= 0.6 is 27.3 Å². The molecule has 5 heteroatoms. The Balaban J connectivity index is 2.07. The van der Waals surface area contributed by atoms with Gasteiger partial charge in [0, 0.05) is 40.9 Å². The molecule has 1 aromatic heterocycles. The summed E-state index contributed by atoms with van der Waals surface area (Å²) in [6, 6.07) is 2.59. The Morgan fingerprint density at radius 2 is 2.24 bits per heavy atom. The molecule has 1 fully saturated rings. The van der Waals surface area contributed by atoms with Gasteiger partial charge >= 0.3 is 0 Å². The van der Waals surface area contributed by atoms with E-state index in [0.29, 0.717) is 12.6 Å². The molecule has 1 aliphatic heterocycles. The summed E-state index contributed by atoms with van der Waals surface area (Å²) in [5.74, 6) is 0. The van der Waals surface area contributed by atoms with Gasteiger partial charge in [0.25, 0.3) is 0 Å². The van der Waals surface area contributed by atoms with E-state index in [1.807, 2.05) is 0 Å². The molecule has 1 atom stereocenters. The first kappa shape index (κ1) is 13.5. The van der Waals surface area contributed by atoms with Gasteiger partial charge in [-0.2, -0.15) is 0 Å². The smallest absolute Gasteiger partial charge is 0.0565 e. The minimum atomic E-state index is 0.387. The van der Waals surface area contributed by atoms with Gasteiger partial charge in [0.1, 0.15) is 0 Å². The van der Waals surface area contributed by atoms with E-state index in [-0.39, 0.29) is 0 Å². The number of hydrogen-bond acceptors (Lipinski definition) is 4. The first-order chi connectivity index (χ1) is 8.20. The molecule has 17 heavy (non-hydrogen) atoms. The van der Waals surface area contributed by atoms with E-state index in [4.69, 9.17) is 5.73 Å². The molecule has 1 unspecified atom stereocenters. The van der Waals surface area contributed by atoms with Gasteiger partial charge in [-0.3, -0.25) is 4.90 Å². The number of hydrogen-bond donors (Lipinski definition) is 1. The van der Waals surface area contributed by atoms with Crippen molar-refractivity contribution in [2.75, 3.05) is 39.8 Å². The lowest BCUT2D eigenvalue weighted by Crippen LogP contribution is -2.36. The zero-order chi connectivity index (χ0) is 12.3. The fourth-order valence-corrected chi connectivity index (χ4v) is 3.92. The van der Waals surface area contributed by atoms with E-state index < -0.39 is 0 Å². The molecule has 0 amide bonds. The largest absolute Gasteiger partial charge is 0.329 e. The number of nitrogens with zero attached hydrogens (tertiary/aromatic N) is 2. The maximum atomic E-state index is 5.97. The van der Waals surface area contributed by atoms with E-state index in [0.717, 1.165) is 19.6 Å². The normalized spacial score (nSPS) is 21.4. The molecule has 2 heterocycles. The molecule has 1 aliphatic rings. The highest BCUT2D eigenvalue weighted by atomic mass is 79.9. The lowest BCUT2D eigenvalue weighted by molar-refractivity contribution is 0.211. The van der Waals surface area contributed by atoms with Crippen molar-refractivity contribution in [2.24, 2.45) is 5.73 Å². The van der Waals surface area contributed by atoms with Gasteiger partial charge in [-0.1, -0.05) is 0 Å². The van der Waals surface area contributed by atoms with E-state index in [9.17, 15) is 0 Å². The first-order valence-corrected chi connectivity index (χ1v) is 7.74. The summed E-state index contributed by atoms with van der Waals surface area (Å²) in [7, 11) is 2.20. The topological polar surface area (TPSA) is 32.5 Å². The van der Waals surface area contributed by atoms with Crippen LogP contribution in [0.15, 0.2) is 15.9 Å². The van der Waals surface area contributed by atoms with Crippen LogP contribution in [0.1, 0.15) is 17.3 Å². The second-order valence-electron chi connectivity index (χ2n) is 4.61. The van der Waals surface area contributed by atoms with Crippen molar-refractivity contribution in [3.63, 3.8) is 0 Å². The van der Waals surface area contributed by atoms with Crippen LogP contribution in [0.5, 0.6) is 0 Å². The molecule has 96 valence electrons. The van der Waals surface area contributed by atoms with Crippen LogP contribution in [0, 0.1) is 0 Å². The standard InChI is InChI=1S/C12H20BrN3S/c1-15-3-2-4-16(6-5-15)11(8-14)12-7-10(13)9-17-12/h7,9,11H,2-6,8,14H2,1H3. The van der Waals surface area contributed by atoms with Crippen LogP contribution in [0.2, 0.25) is 0 Å². The molecule has 0 spiro atoms. The molecule has 0 aromatic carbocycles. The third-order valence-corrected chi connectivity index (χ3v) is 5.13. The fraction of sp³-hybridized carbons (Fsp3) is 0.667. The monoisotopic (exact) mass is 317 g/mol. The molecular formula is C12H20BrN3S. The second kappa shape index (κ2) is 6.29. The second-order valence-corrected chi connectivity index (χ2v) is 6.47. The van der Waals surface area contributed by atoms with Crippen LogP contribution in [0.4, 0.5) is 0 Å². The summed E-state index contributed by atoms with van der Waals surface area (Å²) < 4.78 is 1.17. The lowest BCUT2D eigenvalue weighted by atomic mass is 10.2. The highest BCUT2D eigenvalue weighted by Gasteiger charge is 2.22. The zero-order valence-corrected chi connectivity index (χ0v) is 12.6. The number of rotatable bonds is 3. The highest BCUT2D eigenvalue weighted by Crippen LogP contribution is 2.29. The van der Waals surface area contributed by atoms with Gasteiger partial charge in [0.15, 0.2) is 0 Å². The summed E-state index contributed by atoms with van der Waals surface area (Å²) >= 11 is 5.32. The average Bonchev–Trinajstić information content (AvgIpc) is 2.61. The first-order valence-electron chi connectivity index (χ1n) is 6.07. The van der Waals surface area contributed by atoms with Gasteiger partial charge in [-0.05, 0) is 42.0 Å². The third kappa shape index (κ3) is 3.51. The van der Waals surface area contributed by atoms with E-state index in [2.05, 4.69) is 44.2 Å². The van der Waals surface area contributed by atoms with E-state index in [1.165, 1.54) is 22.3 Å². The zero-order valence-electron chi connectivity index (χ0n) is 10.2. The van der Waals surface area contributed by atoms with Gasteiger partial charge in [0.2, 0.25) is 0 Å². The van der Waals surface area contributed by atoms with Crippen molar-refractivity contribution in [3.8, 4) is 0 Å².